The molecule has 0 radical (unpaired) electrons. The smallest absolute Gasteiger partial charge is 0.222 e. The Kier molecular flexibility index (Phi) is 2.43. The molecule has 1 aliphatic carbocycles. The Hall–Kier alpha value is -0.570. The molecular formula is C12H20N2O. The maximum Gasteiger partial charge on any atom is 0.222 e. The number of hydrogen-bond donors (Lipinski definition) is 1. The molecule has 3 aliphatic rings. The predicted octanol–water partition coefficient (Wildman–Crippen LogP) is 1.14. The summed E-state index contributed by atoms with van der Waals surface area (Å²) in [4.78, 5) is 14.1. The molecule has 2 aliphatic heterocycles. The molecule has 3 heteroatoms. The van der Waals surface area contributed by atoms with E-state index in [4.69, 9.17) is 0 Å². The van der Waals surface area contributed by atoms with Gasteiger partial charge in [0, 0.05) is 31.6 Å². The van der Waals surface area contributed by atoms with E-state index < -0.39 is 0 Å². The number of carbonyl (C=O) groups is 1. The summed E-state index contributed by atoms with van der Waals surface area (Å²) >= 11 is 0. The summed E-state index contributed by atoms with van der Waals surface area (Å²) in [6.07, 6.45) is 7.12. The minimum absolute atomic E-state index is 0.409. The van der Waals surface area contributed by atoms with Gasteiger partial charge in [-0.25, -0.2) is 0 Å². The van der Waals surface area contributed by atoms with Crippen LogP contribution in [0.1, 0.15) is 38.5 Å². The van der Waals surface area contributed by atoms with Gasteiger partial charge in [-0.2, -0.15) is 0 Å². The fraction of sp³-hybridized carbons (Fsp3) is 0.917. The summed E-state index contributed by atoms with van der Waals surface area (Å²) < 4.78 is 0. The van der Waals surface area contributed by atoms with Crippen LogP contribution in [0.25, 0.3) is 0 Å². The minimum atomic E-state index is 0.409. The van der Waals surface area contributed by atoms with Gasteiger partial charge in [-0.3, -0.25) is 4.79 Å². The summed E-state index contributed by atoms with van der Waals surface area (Å²) in [7, 11) is 0. The lowest BCUT2D eigenvalue weighted by atomic mass is 10.1. The molecule has 1 saturated carbocycles. The third-order valence-electron chi connectivity index (χ3n) is 4.04. The van der Waals surface area contributed by atoms with E-state index >= 15 is 0 Å². The standard InChI is InChI=1S/C12H20N2O/c15-12(7-9-1-2-9)14-6-5-10-3-4-11(8-14)13-10/h9-11,13H,1-8H2/t10-,11+/m1/s1. The van der Waals surface area contributed by atoms with Crippen LogP contribution in [0, 0.1) is 5.92 Å². The van der Waals surface area contributed by atoms with Crippen LogP contribution >= 0.6 is 0 Å². The number of hydrogen-bond acceptors (Lipinski definition) is 2. The first-order valence-electron chi connectivity index (χ1n) is 6.35. The van der Waals surface area contributed by atoms with E-state index in [9.17, 15) is 4.79 Å². The Morgan fingerprint density at radius 1 is 1.13 bits per heavy atom. The van der Waals surface area contributed by atoms with Crippen LogP contribution in [0.5, 0.6) is 0 Å². The quantitative estimate of drug-likeness (QED) is 0.738. The molecule has 0 aromatic heterocycles. The molecule has 15 heavy (non-hydrogen) atoms. The molecule has 2 heterocycles. The van der Waals surface area contributed by atoms with Gasteiger partial charge in [0.2, 0.25) is 5.91 Å². The fourth-order valence-electron chi connectivity index (χ4n) is 2.87. The van der Waals surface area contributed by atoms with Gasteiger partial charge in [0.05, 0.1) is 0 Å². The van der Waals surface area contributed by atoms with Crippen LogP contribution in [0.3, 0.4) is 0 Å². The van der Waals surface area contributed by atoms with Crippen molar-refractivity contribution in [2.24, 2.45) is 5.92 Å². The van der Waals surface area contributed by atoms with E-state index in [1.54, 1.807) is 0 Å². The molecule has 84 valence electrons. The highest BCUT2D eigenvalue weighted by Crippen LogP contribution is 2.33. The molecule has 2 atom stereocenters. The van der Waals surface area contributed by atoms with Gasteiger partial charge in [-0.1, -0.05) is 0 Å². The zero-order valence-corrected chi connectivity index (χ0v) is 9.24. The molecule has 0 aromatic carbocycles. The number of likely N-dealkylation sites (tertiary alicyclic amines) is 1. The van der Waals surface area contributed by atoms with Crippen molar-refractivity contribution in [1.82, 2.24) is 10.2 Å². The van der Waals surface area contributed by atoms with Crippen LogP contribution in [0.15, 0.2) is 0 Å². The second-order valence-corrected chi connectivity index (χ2v) is 5.41. The Morgan fingerprint density at radius 3 is 2.73 bits per heavy atom. The second-order valence-electron chi connectivity index (χ2n) is 5.41. The molecular weight excluding hydrogens is 188 g/mol. The van der Waals surface area contributed by atoms with Gasteiger partial charge in [-0.05, 0) is 38.0 Å². The monoisotopic (exact) mass is 208 g/mol. The lowest BCUT2D eigenvalue weighted by Gasteiger charge is -2.24. The summed E-state index contributed by atoms with van der Waals surface area (Å²) in [5.41, 5.74) is 0. The Balaban J connectivity index is 1.58. The largest absolute Gasteiger partial charge is 0.341 e. The van der Waals surface area contributed by atoms with Gasteiger partial charge in [-0.15, -0.1) is 0 Å². The Bertz CT molecular complexity index is 262. The fourth-order valence-corrected chi connectivity index (χ4v) is 2.87. The van der Waals surface area contributed by atoms with Crippen molar-refractivity contribution in [2.45, 2.75) is 50.6 Å². The Labute approximate surface area is 91.2 Å². The number of nitrogens with one attached hydrogen (secondary N) is 1. The maximum atomic E-state index is 12.0. The summed E-state index contributed by atoms with van der Waals surface area (Å²) in [5, 5.41) is 3.61. The van der Waals surface area contributed by atoms with Crippen molar-refractivity contribution in [3.05, 3.63) is 0 Å². The van der Waals surface area contributed by atoms with Crippen molar-refractivity contribution < 1.29 is 4.79 Å². The highest BCUT2D eigenvalue weighted by atomic mass is 16.2. The van der Waals surface area contributed by atoms with E-state index in [1.807, 2.05) is 0 Å². The molecule has 0 spiro atoms. The lowest BCUT2D eigenvalue weighted by molar-refractivity contribution is -0.131. The lowest BCUT2D eigenvalue weighted by Crippen LogP contribution is -2.39. The first-order valence-corrected chi connectivity index (χ1v) is 6.35. The third kappa shape index (κ3) is 2.17. The summed E-state index contributed by atoms with van der Waals surface area (Å²) in [6, 6.07) is 1.27. The predicted molar refractivity (Wildman–Crippen MR) is 58.5 cm³/mol. The van der Waals surface area contributed by atoms with Crippen LogP contribution in [-0.2, 0) is 4.79 Å². The van der Waals surface area contributed by atoms with Gasteiger partial charge < -0.3 is 10.2 Å². The van der Waals surface area contributed by atoms with Crippen LogP contribution in [-0.4, -0.2) is 36.0 Å². The molecule has 1 N–H and O–H groups in total. The number of fused-ring (bicyclic) bond motifs is 2. The topological polar surface area (TPSA) is 32.3 Å². The van der Waals surface area contributed by atoms with E-state index in [-0.39, 0.29) is 0 Å². The highest BCUT2D eigenvalue weighted by molar-refractivity contribution is 5.76. The van der Waals surface area contributed by atoms with Gasteiger partial charge in [0.1, 0.15) is 0 Å². The third-order valence-corrected chi connectivity index (χ3v) is 4.04. The minimum Gasteiger partial charge on any atom is -0.341 e. The first kappa shape index (κ1) is 9.64. The van der Waals surface area contributed by atoms with E-state index in [0.29, 0.717) is 18.0 Å². The van der Waals surface area contributed by atoms with Crippen LogP contribution in [0.2, 0.25) is 0 Å². The van der Waals surface area contributed by atoms with Crippen LogP contribution in [0.4, 0.5) is 0 Å². The van der Waals surface area contributed by atoms with Crippen molar-refractivity contribution in [3.8, 4) is 0 Å². The van der Waals surface area contributed by atoms with Crippen molar-refractivity contribution in [2.75, 3.05) is 13.1 Å². The number of nitrogens with zero attached hydrogens (tertiary/aromatic N) is 1. The Morgan fingerprint density at radius 2 is 1.93 bits per heavy atom. The molecule has 0 unspecified atom stereocenters. The summed E-state index contributed by atoms with van der Waals surface area (Å²) in [6.45, 7) is 1.95. The normalized spacial score (nSPS) is 35.3. The molecule has 2 saturated heterocycles. The molecule has 0 aromatic rings. The van der Waals surface area contributed by atoms with E-state index in [0.717, 1.165) is 31.8 Å². The van der Waals surface area contributed by atoms with Crippen LogP contribution < -0.4 is 5.32 Å². The van der Waals surface area contributed by atoms with E-state index in [2.05, 4.69) is 10.2 Å². The highest BCUT2D eigenvalue weighted by Gasteiger charge is 2.33. The van der Waals surface area contributed by atoms with Gasteiger partial charge in [0.25, 0.3) is 0 Å². The average Bonchev–Trinajstić information content (AvgIpc) is 2.91. The SMILES string of the molecule is O=C(CC1CC1)N1CC[C@H]2CC[C@@H](C1)N2. The average molecular weight is 208 g/mol. The second kappa shape index (κ2) is 3.78. The number of carbonyl (C=O) groups excluding carboxylic acids is 1. The zero-order chi connectivity index (χ0) is 10.3. The van der Waals surface area contributed by atoms with Gasteiger partial charge >= 0.3 is 0 Å². The molecule has 3 fully saturated rings. The molecule has 2 bridgehead atoms. The first-order chi connectivity index (χ1) is 7.31. The van der Waals surface area contributed by atoms with Crippen molar-refractivity contribution in [3.63, 3.8) is 0 Å². The molecule has 3 nitrogen and oxygen atoms in total. The van der Waals surface area contributed by atoms with E-state index in [1.165, 1.54) is 25.7 Å². The summed E-state index contributed by atoms with van der Waals surface area (Å²) in [5.74, 6) is 1.14. The molecule has 3 rings (SSSR count). The van der Waals surface area contributed by atoms with Crippen molar-refractivity contribution in [1.29, 1.82) is 0 Å². The van der Waals surface area contributed by atoms with Crippen molar-refractivity contribution >= 4 is 5.91 Å². The maximum absolute atomic E-state index is 12.0. The number of rotatable bonds is 2. The van der Waals surface area contributed by atoms with Gasteiger partial charge in [0.15, 0.2) is 0 Å². The number of amides is 1. The zero-order valence-electron chi connectivity index (χ0n) is 9.24. The molecule has 1 amide bonds.